The van der Waals surface area contributed by atoms with Crippen LogP contribution in [0.4, 0.5) is 8.78 Å². The lowest BCUT2D eigenvalue weighted by atomic mass is 9.81. The van der Waals surface area contributed by atoms with Gasteiger partial charge in [-0.05, 0) is 59.9 Å². The Morgan fingerprint density at radius 3 is 2.57 bits per heavy atom. The Morgan fingerprint density at radius 1 is 0.973 bits per heavy atom. The summed E-state index contributed by atoms with van der Waals surface area (Å²) in [7, 11) is 0. The van der Waals surface area contributed by atoms with Crippen molar-refractivity contribution in [3.05, 3.63) is 98.5 Å². The molecular weight excluding hydrogens is 476 g/mol. The highest BCUT2D eigenvalue weighted by molar-refractivity contribution is 5.96. The van der Waals surface area contributed by atoms with E-state index >= 15 is 4.39 Å². The predicted octanol–water partition coefficient (Wildman–Crippen LogP) is 4.05. The van der Waals surface area contributed by atoms with Crippen molar-refractivity contribution >= 4 is 5.91 Å². The van der Waals surface area contributed by atoms with Gasteiger partial charge in [0.25, 0.3) is 5.91 Å². The predicted molar refractivity (Wildman–Crippen MR) is 133 cm³/mol. The third-order valence-electron chi connectivity index (χ3n) is 9.01. The van der Waals surface area contributed by atoms with E-state index in [2.05, 4.69) is 6.07 Å². The van der Waals surface area contributed by atoms with Crippen molar-refractivity contribution < 1.29 is 18.7 Å². The van der Waals surface area contributed by atoms with Gasteiger partial charge >= 0.3 is 0 Å². The maximum absolute atomic E-state index is 15.2. The van der Waals surface area contributed by atoms with Gasteiger partial charge in [0, 0.05) is 24.7 Å². The first-order valence-electron chi connectivity index (χ1n) is 13.0. The number of hydrogen-bond donors (Lipinski definition) is 1. The monoisotopic (exact) mass is 503 g/mol. The van der Waals surface area contributed by atoms with E-state index in [4.69, 9.17) is 0 Å². The molecule has 0 radical (unpaired) electrons. The maximum Gasteiger partial charge on any atom is 0.277 e. The highest BCUT2D eigenvalue weighted by Gasteiger charge is 2.59. The number of aromatic nitrogens is 1. The van der Waals surface area contributed by atoms with Crippen LogP contribution >= 0.6 is 0 Å². The van der Waals surface area contributed by atoms with Gasteiger partial charge in [0.15, 0.2) is 23.1 Å². The van der Waals surface area contributed by atoms with E-state index in [1.807, 2.05) is 23.2 Å². The molecule has 2 atom stereocenters. The number of amides is 1. The number of hydrogen-bond acceptors (Lipinski definition) is 4. The standard InChI is InChI=1S/C29H27F2N3O3/c30-23-10-9-22-20(25(23)31)14-19-13-18-7-3-4-8-21(18)29(19,22)34-16-32(15-17-5-1-2-6-17)28(37)26-27(36)24(35)11-12-33(26)34/h3-4,7-12,17,19,36H,1-2,5-6,13-16H2. The zero-order chi connectivity index (χ0) is 25.5. The smallest absolute Gasteiger partial charge is 0.277 e. The van der Waals surface area contributed by atoms with Crippen LogP contribution in [0.2, 0.25) is 0 Å². The van der Waals surface area contributed by atoms with Crippen LogP contribution in [0.15, 0.2) is 53.5 Å². The minimum Gasteiger partial charge on any atom is -0.502 e. The normalized spacial score (nSPS) is 24.3. The van der Waals surface area contributed by atoms with Gasteiger partial charge in [-0.25, -0.2) is 8.78 Å². The number of benzene rings is 2. The Bertz CT molecular complexity index is 1510. The van der Waals surface area contributed by atoms with E-state index in [1.54, 1.807) is 15.6 Å². The summed E-state index contributed by atoms with van der Waals surface area (Å²) in [4.78, 5) is 27.9. The summed E-state index contributed by atoms with van der Waals surface area (Å²) >= 11 is 0. The lowest BCUT2D eigenvalue weighted by molar-refractivity contribution is 0.0614. The first-order chi connectivity index (χ1) is 17.9. The van der Waals surface area contributed by atoms with E-state index in [0.29, 0.717) is 36.4 Å². The summed E-state index contributed by atoms with van der Waals surface area (Å²) in [5.41, 5.74) is 1.52. The second-order valence-electron chi connectivity index (χ2n) is 10.9. The molecule has 6 nitrogen and oxygen atoms in total. The Labute approximate surface area is 212 Å². The molecule has 3 aliphatic carbocycles. The fourth-order valence-corrected chi connectivity index (χ4v) is 7.46. The Kier molecular flexibility index (Phi) is 4.81. The molecule has 0 bridgehead atoms. The maximum atomic E-state index is 15.2. The molecule has 2 aromatic carbocycles. The largest absolute Gasteiger partial charge is 0.502 e. The molecule has 1 aliphatic heterocycles. The number of halogens is 2. The van der Waals surface area contributed by atoms with Crippen LogP contribution in [0.1, 0.15) is 58.4 Å². The molecule has 1 fully saturated rings. The summed E-state index contributed by atoms with van der Waals surface area (Å²) in [6.07, 6.45) is 6.84. The molecule has 1 aromatic heterocycles. The van der Waals surface area contributed by atoms with Gasteiger partial charge in [-0.3, -0.25) is 19.3 Å². The quantitative estimate of drug-likeness (QED) is 0.586. The molecule has 1 N–H and O–H groups in total. The van der Waals surface area contributed by atoms with Gasteiger partial charge in [0.1, 0.15) is 12.2 Å². The van der Waals surface area contributed by atoms with Crippen LogP contribution in [0.5, 0.6) is 5.75 Å². The van der Waals surface area contributed by atoms with Crippen molar-refractivity contribution in [3.8, 4) is 5.75 Å². The van der Waals surface area contributed by atoms with Gasteiger partial charge in [-0.15, -0.1) is 0 Å². The second-order valence-corrected chi connectivity index (χ2v) is 10.9. The van der Waals surface area contributed by atoms with Crippen molar-refractivity contribution in [2.45, 2.75) is 44.1 Å². The molecule has 4 aliphatic rings. The third-order valence-corrected chi connectivity index (χ3v) is 9.01. The van der Waals surface area contributed by atoms with Crippen molar-refractivity contribution in [2.24, 2.45) is 11.8 Å². The Morgan fingerprint density at radius 2 is 1.76 bits per heavy atom. The molecule has 3 aromatic rings. The van der Waals surface area contributed by atoms with Gasteiger partial charge < -0.3 is 10.0 Å². The molecule has 7 rings (SSSR count). The fourth-order valence-electron chi connectivity index (χ4n) is 7.46. The average Bonchev–Trinajstić information content (AvgIpc) is 3.59. The summed E-state index contributed by atoms with van der Waals surface area (Å²) in [6, 6.07) is 12.1. The SMILES string of the molecule is O=C1c2c(O)c(=O)ccn2N(C23c4ccccc4CC2Cc2c3ccc(F)c2F)CN1CC1CCCC1. The molecule has 2 unspecified atom stereocenters. The molecular formula is C29H27F2N3O3. The van der Waals surface area contributed by atoms with Crippen LogP contribution in [0.25, 0.3) is 0 Å². The number of nitrogens with zero attached hydrogens (tertiary/aromatic N) is 3. The summed E-state index contributed by atoms with van der Waals surface area (Å²) < 4.78 is 31.2. The molecule has 1 saturated carbocycles. The summed E-state index contributed by atoms with van der Waals surface area (Å²) in [5.74, 6) is -2.45. The minimum absolute atomic E-state index is 0.0784. The molecule has 37 heavy (non-hydrogen) atoms. The second kappa shape index (κ2) is 7.91. The van der Waals surface area contributed by atoms with Gasteiger partial charge in [0.05, 0.1) is 0 Å². The average molecular weight is 504 g/mol. The van der Waals surface area contributed by atoms with Crippen LogP contribution < -0.4 is 10.4 Å². The van der Waals surface area contributed by atoms with Gasteiger partial charge in [-0.2, -0.15) is 0 Å². The van der Waals surface area contributed by atoms with Crippen molar-refractivity contribution in [1.82, 2.24) is 9.58 Å². The van der Waals surface area contributed by atoms with E-state index in [1.165, 1.54) is 18.3 Å². The van der Waals surface area contributed by atoms with E-state index in [0.717, 1.165) is 36.8 Å². The lowest BCUT2D eigenvalue weighted by Crippen LogP contribution is -2.63. The number of carbonyl (C=O) groups excluding carboxylic acids is 1. The van der Waals surface area contributed by atoms with E-state index in [9.17, 15) is 19.1 Å². The minimum atomic E-state index is -0.897. The van der Waals surface area contributed by atoms with Crippen LogP contribution in [0, 0.1) is 23.5 Å². The number of fused-ring (bicyclic) bond motifs is 6. The van der Waals surface area contributed by atoms with Gasteiger partial charge in [-0.1, -0.05) is 43.2 Å². The fraction of sp³-hybridized carbons (Fsp3) is 0.379. The molecule has 2 heterocycles. The zero-order valence-electron chi connectivity index (χ0n) is 20.3. The molecule has 0 spiro atoms. The number of rotatable bonds is 3. The summed E-state index contributed by atoms with van der Waals surface area (Å²) in [6.45, 7) is 0.721. The first kappa shape index (κ1) is 22.5. The molecule has 1 amide bonds. The van der Waals surface area contributed by atoms with E-state index in [-0.39, 0.29) is 24.2 Å². The Balaban J connectivity index is 1.49. The number of pyridine rings is 1. The summed E-state index contributed by atoms with van der Waals surface area (Å²) in [5, 5.41) is 12.8. The number of aromatic hydroxyl groups is 1. The molecule has 8 heteroatoms. The van der Waals surface area contributed by atoms with Crippen LogP contribution in [-0.4, -0.2) is 33.8 Å². The third kappa shape index (κ3) is 2.95. The van der Waals surface area contributed by atoms with Crippen LogP contribution in [-0.2, 0) is 18.4 Å². The topological polar surface area (TPSA) is 65.8 Å². The number of carbonyl (C=O) groups is 1. The van der Waals surface area contributed by atoms with E-state index < -0.39 is 28.4 Å². The van der Waals surface area contributed by atoms with Crippen molar-refractivity contribution in [2.75, 3.05) is 18.2 Å². The molecule has 0 saturated heterocycles. The Hall–Kier alpha value is -3.68. The lowest BCUT2D eigenvalue weighted by Gasteiger charge is -2.51. The zero-order valence-corrected chi connectivity index (χ0v) is 20.3. The first-order valence-corrected chi connectivity index (χ1v) is 13.0. The highest BCUT2D eigenvalue weighted by Crippen LogP contribution is 2.57. The van der Waals surface area contributed by atoms with Crippen LogP contribution in [0.3, 0.4) is 0 Å². The highest BCUT2D eigenvalue weighted by atomic mass is 19.2. The molecule has 190 valence electrons. The van der Waals surface area contributed by atoms with Crippen molar-refractivity contribution in [3.63, 3.8) is 0 Å². The van der Waals surface area contributed by atoms with Crippen molar-refractivity contribution in [1.29, 1.82) is 0 Å². The van der Waals surface area contributed by atoms with Gasteiger partial charge in [0.2, 0.25) is 5.43 Å².